The highest BCUT2D eigenvalue weighted by atomic mass is 19.4. The summed E-state index contributed by atoms with van der Waals surface area (Å²) in [6.07, 6.45) is -4.67. The maximum Gasteiger partial charge on any atom is 0.461 e. The van der Waals surface area contributed by atoms with Gasteiger partial charge in [0.05, 0.1) is 0 Å². The molecule has 4 nitrogen and oxygen atoms in total. The summed E-state index contributed by atoms with van der Waals surface area (Å²) in [7, 11) is 0. The number of H-pyrrole nitrogens is 1. The van der Waals surface area contributed by atoms with E-state index in [4.69, 9.17) is 0 Å². The second kappa shape index (κ2) is 3.76. The van der Waals surface area contributed by atoms with Gasteiger partial charge in [-0.1, -0.05) is 27.5 Å². The lowest BCUT2D eigenvalue weighted by Gasteiger charge is -1.99. The van der Waals surface area contributed by atoms with Gasteiger partial charge in [-0.2, -0.15) is 13.2 Å². The molecular weight excluding hydrogens is 237 g/mol. The van der Waals surface area contributed by atoms with Crippen molar-refractivity contribution in [2.24, 2.45) is 0 Å². The zero-order valence-electron chi connectivity index (χ0n) is 8.71. The van der Waals surface area contributed by atoms with Crippen LogP contribution in [0.25, 0.3) is 11.3 Å². The number of nitrogens with one attached hydrogen (secondary N) is 1. The fourth-order valence-electron chi connectivity index (χ4n) is 1.43. The quantitative estimate of drug-likeness (QED) is 0.839. The first-order valence-corrected chi connectivity index (χ1v) is 4.68. The van der Waals surface area contributed by atoms with Crippen LogP contribution < -0.4 is 4.60 Å². The number of aromatic nitrogens is 2. The molecule has 0 fully saturated rings. The first-order valence-electron chi connectivity index (χ1n) is 4.68. The van der Waals surface area contributed by atoms with Crippen molar-refractivity contribution in [3.05, 3.63) is 40.4 Å². The molecular formula is C10H8F3N2O2+. The topological polar surface area (TPSA) is 51.9 Å². The number of hydrogen-bond acceptors (Lipinski definition) is 2. The molecule has 1 aromatic carbocycles. The van der Waals surface area contributed by atoms with E-state index in [0.717, 1.165) is 5.56 Å². The second-order valence-corrected chi connectivity index (χ2v) is 3.54. The molecule has 0 aliphatic rings. The van der Waals surface area contributed by atoms with Crippen LogP contribution in [-0.2, 0) is 6.18 Å². The van der Waals surface area contributed by atoms with E-state index in [-0.39, 0.29) is 10.2 Å². The SMILES string of the molecule is Cc1ccc(-c2c(C(F)(F)F)[nH]o[n+]2=O)cc1. The molecule has 0 spiro atoms. The summed E-state index contributed by atoms with van der Waals surface area (Å²) in [5.74, 6) is 0. The Bertz CT molecular complexity index is 581. The molecule has 0 unspecified atom stereocenters. The smallest absolute Gasteiger partial charge is 0.163 e. The summed E-state index contributed by atoms with van der Waals surface area (Å²) < 4.78 is 41.7. The van der Waals surface area contributed by atoms with E-state index in [9.17, 15) is 18.1 Å². The third-order valence-corrected chi connectivity index (χ3v) is 2.26. The number of hydrogen-bond donors (Lipinski definition) is 1. The molecule has 0 atom stereocenters. The number of alkyl halides is 3. The molecule has 1 aromatic heterocycles. The molecule has 0 saturated carbocycles. The van der Waals surface area contributed by atoms with Crippen molar-refractivity contribution < 1.29 is 22.4 Å². The van der Waals surface area contributed by atoms with E-state index in [1.54, 1.807) is 24.2 Å². The van der Waals surface area contributed by atoms with Crippen LogP contribution in [0.2, 0.25) is 0 Å². The van der Waals surface area contributed by atoms with E-state index in [0.29, 0.717) is 0 Å². The van der Waals surface area contributed by atoms with Crippen LogP contribution in [0.1, 0.15) is 11.3 Å². The van der Waals surface area contributed by atoms with Crippen LogP contribution in [0.3, 0.4) is 0 Å². The van der Waals surface area contributed by atoms with Gasteiger partial charge in [0.1, 0.15) is 0 Å². The van der Waals surface area contributed by atoms with Gasteiger partial charge in [-0.25, -0.2) is 0 Å². The third kappa shape index (κ3) is 2.08. The average molecular weight is 245 g/mol. The Kier molecular flexibility index (Phi) is 2.53. The first-order chi connectivity index (χ1) is 7.89. The van der Waals surface area contributed by atoms with Crippen molar-refractivity contribution >= 4 is 0 Å². The van der Waals surface area contributed by atoms with Crippen molar-refractivity contribution in [2.75, 3.05) is 0 Å². The fraction of sp³-hybridized carbons (Fsp3) is 0.200. The Morgan fingerprint density at radius 1 is 1.24 bits per heavy atom. The molecule has 2 aromatic rings. The van der Waals surface area contributed by atoms with Crippen LogP contribution in [0.15, 0.2) is 28.9 Å². The number of nitrogens with zero attached hydrogens (tertiary/aromatic N) is 1. The van der Waals surface area contributed by atoms with Gasteiger partial charge in [-0.15, -0.1) is 0 Å². The van der Waals surface area contributed by atoms with Gasteiger partial charge in [0.2, 0.25) is 0 Å². The van der Waals surface area contributed by atoms with Gasteiger partial charge < -0.3 is 0 Å². The minimum absolute atomic E-state index is 0.142. The normalized spacial score (nSPS) is 11.8. The van der Waals surface area contributed by atoms with E-state index in [1.807, 2.05) is 0 Å². The van der Waals surface area contributed by atoms with Gasteiger partial charge in [0.15, 0.2) is 4.60 Å². The summed E-state index contributed by atoms with van der Waals surface area (Å²) in [6.45, 7) is 1.79. The molecule has 1 N–H and O–H groups in total. The summed E-state index contributed by atoms with van der Waals surface area (Å²) in [5.41, 5.74) is -0.746. The maximum absolute atomic E-state index is 12.6. The van der Waals surface area contributed by atoms with Gasteiger partial charge in [0.25, 0.3) is 5.69 Å². The van der Waals surface area contributed by atoms with Crippen molar-refractivity contribution in [2.45, 2.75) is 13.1 Å². The van der Waals surface area contributed by atoms with E-state index in [2.05, 4.69) is 4.63 Å². The van der Waals surface area contributed by atoms with Gasteiger partial charge in [-0.3, -0.25) is 0 Å². The largest absolute Gasteiger partial charge is 0.461 e. The maximum atomic E-state index is 12.6. The average Bonchev–Trinajstić information content (AvgIpc) is 2.61. The molecule has 0 aliphatic heterocycles. The standard InChI is InChI=1S/C10H8F3N2O2/c1-6-2-4-7(5-3-6)8-9(10(11,12)13)14-17-15(8)16/h2-5,14H,1H3/q+1. The predicted molar refractivity (Wildman–Crippen MR) is 51.6 cm³/mol. The van der Waals surface area contributed by atoms with Crippen molar-refractivity contribution in [3.63, 3.8) is 0 Å². The van der Waals surface area contributed by atoms with Crippen LogP contribution >= 0.6 is 0 Å². The molecule has 0 aliphatic carbocycles. The van der Waals surface area contributed by atoms with Gasteiger partial charge >= 0.3 is 11.9 Å². The molecule has 90 valence electrons. The molecule has 0 amide bonds. The highest BCUT2D eigenvalue weighted by Crippen LogP contribution is 2.33. The van der Waals surface area contributed by atoms with Crippen molar-refractivity contribution in [3.8, 4) is 11.3 Å². The number of benzene rings is 1. The summed E-state index contributed by atoms with van der Waals surface area (Å²) in [6, 6.07) is 6.08. The fourth-order valence-corrected chi connectivity index (χ4v) is 1.43. The molecule has 0 radical (unpaired) electrons. The van der Waals surface area contributed by atoms with E-state index in [1.165, 1.54) is 12.1 Å². The van der Waals surface area contributed by atoms with Crippen LogP contribution in [0.5, 0.6) is 0 Å². The van der Waals surface area contributed by atoms with E-state index >= 15 is 0 Å². The number of aryl methyl sites for hydroxylation is 1. The minimum atomic E-state index is -4.67. The third-order valence-electron chi connectivity index (χ3n) is 2.26. The monoisotopic (exact) mass is 245 g/mol. The minimum Gasteiger partial charge on any atom is -0.163 e. The highest BCUT2D eigenvalue weighted by molar-refractivity contribution is 5.59. The summed E-state index contributed by atoms with van der Waals surface area (Å²) in [4.78, 5) is 11.2. The predicted octanol–water partition coefficient (Wildman–Crippen LogP) is 2.52. The second-order valence-electron chi connectivity index (χ2n) is 3.54. The lowest BCUT2D eigenvalue weighted by atomic mass is 10.1. The van der Waals surface area contributed by atoms with Crippen LogP contribution in [-0.4, -0.2) is 5.16 Å². The van der Waals surface area contributed by atoms with Crippen LogP contribution in [0, 0.1) is 11.8 Å². The van der Waals surface area contributed by atoms with Crippen molar-refractivity contribution in [1.29, 1.82) is 0 Å². The molecule has 0 bridgehead atoms. The Labute approximate surface area is 93.2 Å². The molecule has 1 heterocycles. The lowest BCUT2D eigenvalue weighted by molar-refractivity contribution is -0.704. The highest BCUT2D eigenvalue weighted by Gasteiger charge is 2.44. The van der Waals surface area contributed by atoms with Crippen molar-refractivity contribution in [1.82, 2.24) is 5.16 Å². The summed E-state index contributed by atoms with van der Waals surface area (Å²) >= 11 is 0. The lowest BCUT2D eigenvalue weighted by Crippen LogP contribution is -2.16. The van der Waals surface area contributed by atoms with Crippen LogP contribution in [0.4, 0.5) is 13.2 Å². The number of rotatable bonds is 1. The zero-order chi connectivity index (χ0) is 12.6. The first kappa shape index (κ1) is 11.4. The molecule has 17 heavy (non-hydrogen) atoms. The number of aromatic amines is 1. The zero-order valence-corrected chi connectivity index (χ0v) is 8.71. The van der Waals surface area contributed by atoms with E-state index < -0.39 is 17.6 Å². The molecule has 2 rings (SSSR count). The number of halogens is 3. The molecule has 0 saturated heterocycles. The Hall–Kier alpha value is -2.05. The summed E-state index contributed by atoms with van der Waals surface area (Å²) in [5, 5.41) is 1.58. The Morgan fingerprint density at radius 3 is 2.35 bits per heavy atom. The Balaban J connectivity index is 2.63. The Morgan fingerprint density at radius 2 is 1.82 bits per heavy atom. The van der Waals surface area contributed by atoms with Gasteiger partial charge in [0, 0.05) is 5.56 Å². The molecule has 7 heteroatoms. The van der Waals surface area contributed by atoms with Gasteiger partial charge in [-0.05, 0) is 24.0 Å².